The zero-order valence-corrected chi connectivity index (χ0v) is 14.2. The van der Waals surface area contributed by atoms with E-state index in [2.05, 4.69) is 5.32 Å². The molecule has 1 amide bonds. The number of benzene rings is 2. The number of rotatable bonds is 6. The van der Waals surface area contributed by atoms with E-state index in [-0.39, 0.29) is 28.1 Å². The lowest BCUT2D eigenvalue weighted by Crippen LogP contribution is -2.28. The minimum atomic E-state index is -0.708. The van der Waals surface area contributed by atoms with Crippen LogP contribution < -0.4 is 11.1 Å². The van der Waals surface area contributed by atoms with Gasteiger partial charge in [-0.15, -0.1) is 0 Å². The van der Waals surface area contributed by atoms with Crippen molar-refractivity contribution >= 4 is 17.4 Å². The molecule has 0 aliphatic carbocycles. The first-order chi connectivity index (χ1) is 11.8. The monoisotopic (exact) mass is 344 g/mol. The molecule has 132 valence electrons. The van der Waals surface area contributed by atoms with E-state index in [0.717, 1.165) is 18.6 Å². The summed E-state index contributed by atoms with van der Waals surface area (Å²) in [5.41, 5.74) is 5.38. The predicted octanol–water partition coefficient (Wildman–Crippen LogP) is 3.12. The van der Waals surface area contributed by atoms with Gasteiger partial charge in [0, 0.05) is 12.2 Å². The van der Waals surface area contributed by atoms with Crippen LogP contribution >= 0.6 is 0 Å². The molecule has 0 saturated carbocycles. The Bertz CT molecular complexity index is 803. The van der Waals surface area contributed by atoms with Crippen molar-refractivity contribution in [2.24, 2.45) is 5.92 Å². The van der Waals surface area contributed by atoms with Crippen LogP contribution in [-0.2, 0) is 0 Å². The van der Waals surface area contributed by atoms with Crippen LogP contribution in [0.5, 0.6) is 5.75 Å². The number of anilines is 1. The summed E-state index contributed by atoms with van der Waals surface area (Å²) in [6.07, 6.45) is 0.749. The van der Waals surface area contributed by atoms with Gasteiger partial charge in [-0.05, 0) is 36.6 Å². The number of ketones is 1. The molecule has 0 radical (unpaired) electrons. The highest BCUT2D eigenvalue weighted by molar-refractivity contribution is 6.19. The molecule has 5 nitrogen and oxygen atoms in total. The van der Waals surface area contributed by atoms with Gasteiger partial charge >= 0.3 is 0 Å². The maximum Gasteiger partial charge on any atom is 0.252 e. The number of hydrogen-bond donors (Lipinski definition) is 3. The summed E-state index contributed by atoms with van der Waals surface area (Å²) in [7, 11) is 0. The maximum atomic E-state index is 13.7. The molecule has 2 aromatic carbocycles. The van der Waals surface area contributed by atoms with E-state index >= 15 is 0 Å². The SMILES string of the molecule is CC(C)CCNC(=O)c1cc(F)cc(N)c1C(=O)c1ccccc1O. The molecule has 0 atom stereocenters. The Morgan fingerprint density at radius 3 is 2.52 bits per heavy atom. The number of nitrogen functional groups attached to an aromatic ring is 1. The summed E-state index contributed by atoms with van der Waals surface area (Å²) < 4.78 is 13.7. The number of carbonyl (C=O) groups excluding carboxylic acids is 2. The van der Waals surface area contributed by atoms with Gasteiger partial charge in [0.15, 0.2) is 5.78 Å². The number of phenolic OH excluding ortho intramolecular Hbond substituents is 1. The molecule has 2 rings (SSSR count). The van der Waals surface area contributed by atoms with Gasteiger partial charge in [-0.2, -0.15) is 0 Å². The first-order valence-electron chi connectivity index (χ1n) is 8.01. The molecule has 2 aromatic rings. The minimum Gasteiger partial charge on any atom is -0.507 e. The Labute approximate surface area is 145 Å². The summed E-state index contributed by atoms with van der Waals surface area (Å²) in [5.74, 6) is -1.77. The number of amides is 1. The van der Waals surface area contributed by atoms with Crippen molar-refractivity contribution in [1.82, 2.24) is 5.32 Å². The summed E-state index contributed by atoms with van der Waals surface area (Å²) in [5, 5.41) is 12.6. The molecule has 0 aliphatic heterocycles. The van der Waals surface area contributed by atoms with Gasteiger partial charge in [0.25, 0.3) is 5.91 Å². The van der Waals surface area contributed by atoms with E-state index in [4.69, 9.17) is 5.73 Å². The van der Waals surface area contributed by atoms with E-state index in [1.165, 1.54) is 12.1 Å². The highest BCUT2D eigenvalue weighted by atomic mass is 19.1. The first kappa shape index (κ1) is 18.4. The van der Waals surface area contributed by atoms with Gasteiger partial charge in [-0.1, -0.05) is 26.0 Å². The molecule has 0 heterocycles. The lowest BCUT2D eigenvalue weighted by atomic mass is 9.95. The van der Waals surface area contributed by atoms with Gasteiger partial charge in [0.05, 0.1) is 16.7 Å². The van der Waals surface area contributed by atoms with Crippen LogP contribution in [-0.4, -0.2) is 23.3 Å². The van der Waals surface area contributed by atoms with Gasteiger partial charge in [-0.3, -0.25) is 9.59 Å². The highest BCUT2D eigenvalue weighted by Gasteiger charge is 2.24. The van der Waals surface area contributed by atoms with E-state index in [1.807, 2.05) is 13.8 Å². The van der Waals surface area contributed by atoms with E-state index < -0.39 is 17.5 Å². The van der Waals surface area contributed by atoms with Gasteiger partial charge in [-0.25, -0.2) is 4.39 Å². The van der Waals surface area contributed by atoms with Crippen LogP contribution in [0.1, 0.15) is 46.5 Å². The lowest BCUT2D eigenvalue weighted by Gasteiger charge is -2.13. The van der Waals surface area contributed by atoms with Gasteiger partial charge < -0.3 is 16.2 Å². The number of para-hydroxylation sites is 1. The quantitative estimate of drug-likeness (QED) is 0.554. The van der Waals surface area contributed by atoms with Crippen LogP contribution in [0, 0.1) is 11.7 Å². The van der Waals surface area contributed by atoms with Crippen molar-refractivity contribution in [3.63, 3.8) is 0 Å². The molecule has 25 heavy (non-hydrogen) atoms. The van der Waals surface area contributed by atoms with E-state index in [9.17, 15) is 19.1 Å². The number of hydrogen-bond acceptors (Lipinski definition) is 4. The Morgan fingerprint density at radius 1 is 1.20 bits per heavy atom. The van der Waals surface area contributed by atoms with Crippen molar-refractivity contribution in [3.8, 4) is 5.75 Å². The topological polar surface area (TPSA) is 92.4 Å². The van der Waals surface area contributed by atoms with Gasteiger partial charge in [0.2, 0.25) is 0 Å². The smallest absolute Gasteiger partial charge is 0.252 e. The molecule has 6 heteroatoms. The third-order valence-electron chi connectivity index (χ3n) is 3.76. The number of nitrogens with one attached hydrogen (secondary N) is 1. The van der Waals surface area contributed by atoms with Crippen molar-refractivity contribution in [2.75, 3.05) is 12.3 Å². The maximum absolute atomic E-state index is 13.7. The van der Waals surface area contributed by atoms with Crippen LogP contribution in [0.15, 0.2) is 36.4 Å². The van der Waals surface area contributed by atoms with Crippen molar-refractivity contribution in [2.45, 2.75) is 20.3 Å². The zero-order valence-electron chi connectivity index (χ0n) is 14.2. The number of nitrogens with two attached hydrogens (primary N) is 1. The molecule has 0 bridgehead atoms. The van der Waals surface area contributed by atoms with E-state index in [0.29, 0.717) is 12.5 Å². The molecule has 0 unspecified atom stereocenters. The average molecular weight is 344 g/mol. The second-order valence-corrected chi connectivity index (χ2v) is 6.20. The molecule has 0 spiro atoms. The third-order valence-corrected chi connectivity index (χ3v) is 3.76. The Hall–Kier alpha value is -2.89. The number of phenols is 1. The molecule has 0 aromatic heterocycles. The second-order valence-electron chi connectivity index (χ2n) is 6.20. The Balaban J connectivity index is 2.42. The summed E-state index contributed by atoms with van der Waals surface area (Å²) in [6.45, 7) is 4.43. The van der Waals surface area contributed by atoms with Crippen molar-refractivity contribution in [3.05, 3.63) is 58.9 Å². The molecular weight excluding hydrogens is 323 g/mol. The van der Waals surface area contributed by atoms with Crippen LogP contribution in [0.3, 0.4) is 0 Å². The van der Waals surface area contributed by atoms with Crippen LogP contribution in [0.25, 0.3) is 0 Å². The fraction of sp³-hybridized carbons (Fsp3) is 0.263. The van der Waals surface area contributed by atoms with E-state index in [1.54, 1.807) is 12.1 Å². The summed E-state index contributed by atoms with van der Waals surface area (Å²) in [4.78, 5) is 25.2. The molecule has 4 N–H and O–H groups in total. The lowest BCUT2D eigenvalue weighted by molar-refractivity contribution is 0.0940. The van der Waals surface area contributed by atoms with Gasteiger partial charge in [0.1, 0.15) is 11.6 Å². The first-order valence-corrected chi connectivity index (χ1v) is 8.01. The van der Waals surface area contributed by atoms with Crippen LogP contribution in [0.2, 0.25) is 0 Å². The van der Waals surface area contributed by atoms with Crippen molar-refractivity contribution < 1.29 is 19.1 Å². The number of carbonyl (C=O) groups is 2. The fourth-order valence-electron chi connectivity index (χ4n) is 2.43. The number of aromatic hydroxyl groups is 1. The standard InChI is InChI=1S/C19H21FN2O3/c1-11(2)7-8-22-19(25)14-9-12(20)10-15(21)17(14)18(24)13-5-3-4-6-16(13)23/h3-6,9-11,23H,7-8,21H2,1-2H3,(H,22,25). The van der Waals surface area contributed by atoms with Crippen molar-refractivity contribution in [1.29, 1.82) is 0 Å². The predicted molar refractivity (Wildman–Crippen MR) is 94.1 cm³/mol. The molecule has 0 aliphatic rings. The fourth-order valence-corrected chi connectivity index (χ4v) is 2.43. The summed E-state index contributed by atoms with van der Waals surface area (Å²) in [6, 6.07) is 7.89. The number of halogens is 1. The largest absolute Gasteiger partial charge is 0.507 e. The Morgan fingerprint density at radius 2 is 1.88 bits per heavy atom. The highest BCUT2D eigenvalue weighted by Crippen LogP contribution is 2.26. The zero-order chi connectivity index (χ0) is 18.6. The minimum absolute atomic E-state index is 0.00274. The average Bonchev–Trinajstić information content (AvgIpc) is 2.53. The second kappa shape index (κ2) is 7.79. The Kier molecular flexibility index (Phi) is 5.75. The normalized spacial score (nSPS) is 10.7. The molecule has 0 fully saturated rings. The van der Waals surface area contributed by atoms with Crippen LogP contribution in [0.4, 0.5) is 10.1 Å². The molecule has 0 saturated heterocycles. The third kappa shape index (κ3) is 4.35. The summed E-state index contributed by atoms with van der Waals surface area (Å²) >= 11 is 0. The molecular formula is C19H21FN2O3.